The summed E-state index contributed by atoms with van der Waals surface area (Å²) >= 11 is 0. The second-order valence-corrected chi connectivity index (χ2v) is 5.97. The number of nitro groups is 3. The van der Waals surface area contributed by atoms with E-state index < -0.39 is 49.3 Å². The molecule has 0 unspecified atom stereocenters. The van der Waals surface area contributed by atoms with Gasteiger partial charge in [-0.05, 0) is 25.0 Å². The fraction of sp³-hybridized carbons (Fsp3) is 0.176. The number of esters is 1. The van der Waals surface area contributed by atoms with Crippen LogP contribution in [-0.4, -0.2) is 33.7 Å². The third-order valence-corrected chi connectivity index (χ3v) is 3.93. The monoisotopic (exact) mass is 430 g/mol. The first-order valence-electron chi connectivity index (χ1n) is 8.33. The summed E-state index contributed by atoms with van der Waals surface area (Å²) in [5.74, 6) is -1.69. The highest BCUT2D eigenvalue weighted by atomic mass is 16.6. The zero-order valence-electron chi connectivity index (χ0n) is 16.3. The molecule has 2 rings (SSSR count). The minimum Gasteiger partial charge on any atom is -0.463 e. The molecule has 2 aromatic carbocycles. The quantitative estimate of drug-likeness (QED) is 0.169. The van der Waals surface area contributed by atoms with E-state index in [1.54, 1.807) is 32.0 Å². The van der Waals surface area contributed by atoms with Crippen LogP contribution < -0.4 is 0 Å². The highest BCUT2D eigenvalue weighted by molar-refractivity contribution is 6.36. The van der Waals surface area contributed by atoms with Gasteiger partial charge in [0.15, 0.2) is 0 Å². The molecule has 0 bridgehead atoms. The van der Waals surface area contributed by atoms with Crippen molar-refractivity contribution in [1.29, 1.82) is 0 Å². The van der Waals surface area contributed by atoms with Crippen molar-refractivity contribution in [2.24, 2.45) is 15.2 Å². The van der Waals surface area contributed by atoms with Crippen LogP contribution >= 0.6 is 0 Å². The number of ether oxygens (including phenoxy) is 1. The number of azo groups is 1. The van der Waals surface area contributed by atoms with Crippen molar-refractivity contribution in [2.75, 3.05) is 7.11 Å². The minimum atomic E-state index is -1.09. The van der Waals surface area contributed by atoms with Gasteiger partial charge in [-0.2, -0.15) is 0 Å². The van der Waals surface area contributed by atoms with Crippen LogP contribution in [0.2, 0.25) is 0 Å². The summed E-state index contributed by atoms with van der Waals surface area (Å²) in [7, 11) is 1.04. The van der Waals surface area contributed by atoms with E-state index in [0.717, 1.165) is 7.11 Å². The van der Waals surface area contributed by atoms with Gasteiger partial charge in [0.05, 0.1) is 39.7 Å². The van der Waals surface area contributed by atoms with E-state index in [0.29, 0.717) is 28.9 Å². The highest BCUT2D eigenvalue weighted by Gasteiger charge is 2.31. The van der Waals surface area contributed by atoms with E-state index in [9.17, 15) is 35.1 Å². The van der Waals surface area contributed by atoms with Crippen LogP contribution in [0.5, 0.6) is 0 Å². The van der Waals surface area contributed by atoms with Gasteiger partial charge in [-0.15, -0.1) is 10.2 Å². The van der Waals surface area contributed by atoms with E-state index in [4.69, 9.17) is 0 Å². The number of carbonyl (C=O) groups is 1. The molecule has 0 amide bonds. The summed E-state index contributed by atoms with van der Waals surface area (Å²) in [5.41, 5.74) is -2.15. The molecule has 0 radical (unpaired) electrons. The summed E-state index contributed by atoms with van der Waals surface area (Å²) in [6, 6.07) is 6.18. The number of benzene rings is 2. The van der Waals surface area contributed by atoms with Crippen LogP contribution in [0.4, 0.5) is 28.4 Å². The Morgan fingerprint density at radius 1 is 0.903 bits per heavy atom. The Bertz CT molecular complexity index is 1100. The zero-order chi connectivity index (χ0) is 23.3. The lowest BCUT2D eigenvalue weighted by Crippen LogP contribution is -2.13. The Labute approximate surface area is 173 Å². The number of para-hydroxylation sites is 1. The number of rotatable bonds is 5. The largest absolute Gasteiger partial charge is 0.463 e. The molecule has 0 aliphatic heterocycles. The summed E-state index contributed by atoms with van der Waals surface area (Å²) in [6.07, 6.45) is 0. The Morgan fingerprint density at radius 2 is 1.42 bits per heavy atom. The molecule has 14 nitrogen and oxygen atoms in total. The maximum atomic E-state index is 12.1. The number of nitro benzene ring substituents is 3. The Hall–Kier alpha value is -4.62. The molecule has 0 N–H and O–H groups in total. The molecule has 0 aliphatic carbocycles. The number of amidine groups is 1. The molecule has 0 saturated heterocycles. The SMILES string of the molecule is COC(=O)C(N=Nc1c([N+](=O)[O-])cc([N+](=O)[O-])cc1[N+](=O)[O-])=Nc1c(C)cccc1C. The molecule has 160 valence electrons. The molecule has 0 aliphatic rings. The number of methoxy groups -OCH3 is 1. The van der Waals surface area contributed by atoms with Crippen LogP contribution in [-0.2, 0) is 9.53 Å². The van der Waals surface area contributed by atoms with E-state index in [1.807, 2.05) is 0 Å². The van der Waals surface area contributed by atoms with Crippen LogP contribution in [0.15, 0.2) is 45.6 Å². The van der Waals surface area contributed by atoms with Crippen molar-refractivity contribution in [3.8, 4) is 0 Å². The van der Waals surface area contributed by atoms with Crippen LogP contribution in [0, 0.1) is 44.2 Å². The van der Waals surface area contributed by atoms with E-state index in [1.165, 1.54) is 0 Å². The third kappa shape index (κ3) is 5.06. The summed E-state index contributed by atoms with van der Waals surface area (Å²) < 4.78 is 4.58. The van der Waals surface area contributed by atoms with Crippen molar-refractivity contribution in [3.05, 3.63) is 71.8 Å². The molecule has 0 saturated carbocycles. The average molecular weight is 430 g/mol. The molecular formula is C17H14N6O8. The molecule has 0 fully saturated rings. The van der Waals surface area contributed by atoms with Crippen molar-refractivity contribution >= 4 is 40.2 Å². The van der Waals surface area contributed by atoms with Crippen LogP contribution in [0.1, 0.15) is 11.1 Å². The topological polar surface area (TPSA) is 193 Å². The minimum absolute atomic E-state index is 0.356. The van der Waals surface area contributed by atoms with Crippen molar-refractivity contribution in [2.45, 2.75) is 13.8 Å². The standard InChI is InChI=1S/C17H14N6O8/c1-9-5-4-6-10(2)14(9)18-16(17(24)31-3)20-19-15-12(22(27)28)7-11(21(25)26)8-13(15)23(29)30/h4-8H,1-3H3. The predicted molar refractivity (Wildman–Crippen MR) is 106 cm³/mol. The molecular weight excluding hydrogens is 416 g/mol. The molecule has 2 aromatic rings. The zero-order valence-corrected chi connectivity index (χ0v) is 16.3. The predicted octanol–water partition coefficient (Wildman–Crippen LogP) is 4.01. The number of carbonyl (C=O) groups excluding carboxylic acids is 1. The van der Waals surface area contributed by atoms with E-state index in [2.05, 4.69) is 20.0 Å². The van der Waals surface area contributed by atoms with Gasteiger partial charge < -0.3 is 4.74 Å². The number of hydrogen-bond acceptors (Lipinski definition) is 10. The Morgan fingerprint density at radius 3 is 1.84 bits per heavy atom. The fourth-order valence-corrected chi connectivity index (χ4v) is 2.46. The summed E-state index contributed by atoms with van der Waals surface area (Å²) in [4.78, 5) is 46.5. The number of aliphatic imine (C=N–C) groups is 1. The second-order valence-electron chi connectivity index (χ2n) is 5.97. The molecule has 0 atom stereocenters. The van der Waals surface area contributed by atoms with Gasteiger partial charge in [0.1, 0.15) is 0 Å². The first-order chi connectivity index (χ1) is 14.6. The van der Waals surface area contributed by atoms with Crippen molar-refractivity contribution in [3.63, 3.8) is 0 Å². The van der Waals surface area contributed by atoms with Gasteiger partial charge in [-0.1, -0.05) is 18.2 Å². The lowest BCUT2D eigenvalue weighted by molar-refractivity contribution is -0.402. The average Bonchev–Trinajstić information content (AvgIpc) is 2.71. The second kappa shape index (κ2) is 9.25. The van der Waals surface area contributed by atoms with Gasteiger partial charge in [-0.3, -0.25) is 30.3 Å². The normalized spacial score (nSPS) is 11.4. The maximum absolute atomic E-state index is 12.1. The highest BCUT2D eigenvalue weighted by Crippen LogP contribution is 2.40. The van der Waals surface area contributed by atoms with E-state index in [-0.39, 0.29) is 0 Å². The smallest absolute Gasteiger partial charge is 0.378 e. The molecule has 31 heavy (non-hydrogen) atoms. The van der Waals surface area contributed by atoms with Gasteiger partial charge >= 0.3 is 17.3 Å². The third-order valence-electron chi connectivity index (χ3n) is 3.93. The molecule has 14 heteroatoms. The Kier molecular flexibility index (Phi) is 6.76. The fourth-order valence-electron chi connectivity index (χ4n) is 2.46. The number of aryl methyl sites for hydroxylation is 2. The lowest BCUT2D eigenvalue weighted by Gasteiger charge is -2.05. The van der Waals surface area contributed by atoms with Gasteiger partial charge in [0.25, 0.3) is 11.5 Å². The number of hydrogen-bond donors (Lipinski definition) is 0. The van der Waals surface area contributed by atoms with Crippen LogP contribution in [0.25, 0.3) is 0 Å². The molecule has 0 spiro atoms. The summed E-state index contributed by atoms with van der Waals surface area (Å²) in [6.45, 7) is 3.42. The van der Waals surface area contributed by atoms with Crippen LogP contribution in [0.3, 0.4) is 0 Å². The van der Waals surface area contributed by atoms with E-state index >= 15 is 0 Å². The van der Waals surface area contributed by atoms with Gasteiger partial charge in [0, 0.05) is 0 Å². The van der Waals surface area contributed by atoms with Gasteiger partial charge in [0.2, 0.25) is 5.69 Å². The maximum Gasteiger partial charge on any atom is 0.378 e. The summed E-state index contributed by atoms with van der Waals surface area (Å²) in [5, 5.41) is 40.6. The van der Waals surface area contributed by atoms with Crippen molar-refractivity contribution in [1.82, 2.24) is 0 Å². The number of nitrogens with zero attached hydrogens (tertiary/aromatic N) is 6. The first-order valence-corrected chi connectivity index (χ1v) is 8.33. The molecule has 0 heterocycles. The molecule has 0 aromatic heterocycles. The first kappa shape index (κ1) is 22.7. The Balaban J connectivity index is 2.72. The lowest BCUT2D eigenvalue weighted by atomic mass is 10.1. The van der Waals surface area contributed by atoms with Gasteiger partial charge in [-0.25, -0.2) is 9.79 Å². The number of non-ortho nitro benzene ring substituents is 1. The van der Waals surface area contributed by atoms with Crippen molar-refractivity contribution < 1.29 is 24.3 Å².